The summed E-state index contributed by atoms with van der Waals surface area (Å²) in [6, 6.07) is 8.26. The number of hydrogen-bond acceptors (Lipinski definition) is 2. The van der Waals surface area contributed by atoms with Gasteiger partial charge in [-0.05, 0) is 55.3 Å². The lowest BCUT2D eigenvalue weighted by Gasteiger charge is -2.39. The SMILES string of the molecule is O=C(CCc1ccc(Br)cc1)N1CCC2(CCNC2)CC1. The van der Waals surface area contributed by atoms with Gasteiger partial charge in [0.1, 0.15) is 0 Å². The van der Waals surface area contributed by atoms with Crippen molar-refractivity contribution < 1.29 is 4.79 Å². The Hall–Kier alpha value is -0.870. The number of rotatable bonds is 3. The summed E-state index contributed by atoms with van der Waals surface area (Å²) in [7, 11) is 0. The minimum Gasteiger partial charge on any atom is -0.343 e. The third-order valence-corrected chi connectivity index (χ3v) is 5.58. The van der Waals surface area contributed by atoms with Gasteiger partial charge in [0.15, 0.2) is 0 Å². The molecule has 0 radical (unpaired) electrons. The Bertz CT molecular complexity index is 484. The molecule has 0 aromatic heterocycles. The highest BCUT2D eigenvalue weighted by Crippen LogP contribution is 2.37. The lowest BCUT2D eigenvalue weighted by Crippen LogP contribution is -2.44. The second kappa shape index (κ2) is 6.49. The summed E-state index contributed by atoms with van der Waals surface area (Å²) in [5, 5.41) is 3.47. The van der Waals surface area contributed by atoms with Crippen LogP contribution in [0, 0.1) is 5.41 Å². The van der Waals surface area contributed by atoms with Crippen molar-refractivity contribution in [1.82, 2.24) is 10.2 Å². The van der Waals surface area contributed by atoms with Crippen molar-refractivity contribution in [2.45, 2.75) is 32.1 Å². The van der Waals surface area contributed by atoms with E-state index in [2.05, 4.69) is 38.3 Å². The molecule has 0 aliphatic carbocycles. The quantitative estimate of drug-likeness (QED) is 0.908. The average molecular weight is 351 g/mol. The molecule has 0 unspecified atom stereocenters. The molecule has 0 saturated carbocycles. The van der Waals surface area contributed by atoms with Crippen molar-refractivity contribution in [3.8, 4) is 0 Å². The first kappa shape index (κ1) is 15.0. The van der Waals surface area contributed by atoms with E-state index in [0.29, 0.717) is 17.7 Å². The van der Waals surface area contributed by atoms with E-state index in [0.717, 1.165) is 37.1 Å². The Balaban J connectivity index is 1.47. The van der Waals surface area contributed by atoms with Gasteiger partial charge in [0.05, 0.1) is 0 Å². The number of nitrogens with one attached hydrogen (secondary N) is 1. The van der Waals surface area contributed by atoms with Gasteiger partial charge in [-0.15, -0.1) is 0 Å². The highest BCUT2D eigenvalue weighted by molar-refractivity contribution is 9.10. The molecule has 3 rings (SSSR count). The topological polar surface area (TPSA) is 32.3 Å². The van der Waals surface area contributed by atoms with Crippen molar-refractivity contribution in [3.63, 3.8) is 0 Å². The fourth-order valence-corrected chi connectivity index (χ4v) is 3.78. The van der Waals surface area contributed by atoms with E-state index in [9.17, 15) is 4.79 Å². The van der Waals surface area contributed by atoms with Gasteiger partial charge in [-0.3, -0.25) is 4.79 Å². The number of amides is 1. The summed E-state index contributed by atoms with van der Waals surface area (Å²) in [5.41, 5.74) is 1.72. The summed E-state index contributed by atoms with van der Waals surface area (Å²) in [6.07, 6.45) is 5.10. The van der Waals surface area contributed by atoms with Crippen LogP contribution in [0.2, 0.25) is 0 Å². The number of nitrogens with zero attached hydrogens (tertiary/aromatic N) is 1. The number of hydrogen-bond donors (Lipinski definition) is 1. The summed E-state index contributed by atoms with van der Waals surface area (Å²) < 4.78 is 1.09. The molecule has 2 fully saturated rings. The van der Waals surface area contributed by atoms with Crippen LogP contribution in [-0.2, 0) is 11.2 Å². The average Bonchev–Trinajstić information content (AvgIpc) is 2.95. The number of halogens is 1. The predicted octanol–water partition coefficient (Wildman–Crippen LogP) is 2.98. The molecule has 1 aromatic carbocycles. The van der Waals surface area contributed by atoms with Crippen molar-refractivity contribution in [2.75, 3.05) is 26.2 Å². The van der Waals surface area contributed by atoms with Crippen LogP contribution in [0.25, 0.3) is 0 Å². The molecule has 1 aromatic rings. The third kappa shape index (κ3) is 3.67. The standard InChI is InChI=1S/C17H23BrN2O/c18-15-4-1-14(2-5-15)3-6-16(21)20-11-8-17(9-12-20)7-10-19-13-17/h1-2,4-5,19H,3,6-13H2. The molecule has 0 bridgehead atoms. The zero-order valence-corrected chi connectivity index (χ0v) is 14.0. The molecular weight excluding hydrogens is 328 g/mol. The third-order valence-electron chi connectivity index (χ3n) is 5.05. The zero-order chi connectivity index (χ0) is 14.7. The first-order valence-corrected chi connectivity index (χ1v) is 8.69. The van der Waals surface area contributed by atoms with Crippen LogP contribution in [0.5, 0.6) is 0 Å². The number of benzene rings is 1. The number of aryl methyl sites for hydroxylation is 1. The highest BCUT2D eigenvalue weighted by atomic mass is 79.9. The maximum atomic E-state index is 12.3. The minimum atomic E-state index is 0.318. The van der Waals surface area contributed by atoms with Crippen LogP contribution in [0.4, 0.5) is 0 Å². The number of carbonyl (C=O) groups excluding carboxylic acids is 1. The summed E-state index contributed by atoms with van der Waals surface area (Å²) in [6.45, 7) is 4.19. The number of likely N-dealkylation sites (tertiary alicyclic amines) is 1. The molecule has 1 N–H and O–H groups in total. The Morgan fingerprint density at radius 3 is 2.52 bits per heavy atom. The Morgan fingerprint density at radius 2 is 1.90 bits per heavy atom. The molecular formula is C17H23BrN2O. The lowest BCUT2D eigenvalue weighted by atomic mass is 9.78. The van der Waals surface area contributed by atoms with E-state index in [1.807, 2.05) is 12.1 Å². The van der Waals surface area contributed by atoms with E-state index in [4.69, 9.17) is 0 Å². The molecule has 4 heteroatoms. The lowest BCUT2D eigenvalue weighted by molar-refractivity contribution is -0.133. The van der Waals surface area contributed by atoms with Gasteiger partial charge in [0.2, 0.25) is 5.91 Å². The van der Waals surface area contributed by atoms with Gasteiger partial charge in [0.25, 0.3) is 0 Å². The highest BCUT2D eigenvalue weighted by Gasteiger charge is 2.37. The van der Waals surface area contributed by atoms with Crippen LogP contribution in [0.15, 0.2) is 28.7 Å². The summed E-state index contributed by atoms with van der Waals surface area (Å²) in [4.78, 5) is 14.4. The maximum absolute atomic E-state index is 12.3. The van der Waals surface area contributed by atoms with Crippen molar-refractivity contribution in [3.05, 3.63) is 34.3 Å². The largest absolute Gasteiger partial charge is 0.343 e. The smallest absolute Gasteiger partial charge is 0.222 e. The van der Waals surface area contributed by atoms with Gasteiger partial charge < -0.3 is 10.2 Å². The molecule has 1 spiro atoms. The normalized spacial score (nSPS) is 20.9. The van der Waals surface area contributed by atoms with Gasteiger partial charge in [0, 0.05) is 30.5 Å². The monoisotopic (exact) mass is 350 g/mol. The number of piperidine rings is 1. The van der Waals surface area contributed by atoms with Gasteiger partial charge >= 0.3 is 0 Å². The molecule has 21 heavy (non-hydrogen) atoms. The Labute approximate surface area is 135 Å². The van der Waals surface area contributed by atoms with Crippen LogP contribution in [-0.4, -0.2) is 37.0 Å². The van der Waals surface area contributed by atoms with E-state index in [1.54, 1.807) is 0 Å². The summed E-state index contributed by atoms with van der Waals surface area (Å²) in [5.74, 6) is 0.318. The van der Waals surface area contributed by atoms with Gasteiger partial charge in [-0.25, -0.2) is 0 Å². The second-order valence-corrected chi connectivity index (χ2v) is 7.35. The number of carbonyl (C=O) groups is 1. The van der Waals surface area contributed by atoms with E-state index >= 15 is 0 Å². The minimum absolute atomic E-state index is 0.318. The van der Waals surface area contributed by atoms with Crippen LogP contribution >= 0.6 is 15.9 Å². The van der Waals surface area contributed by atoms with E-state index in [-0.39, 0.29) is 0 Å². The predicted molar refractivity (Wildman–Crippen MR) is 88.2 cm³/mol. The first-order valence-electron chi connectivity index (χ1n) is 7.90. The van der Waals surface area contributed by atoms with Gasteiger partial charge in [-0.1, -0.05) is 28.1 Å². The van der Waals surface area contributed by atoms with Crippen LogP contribution in [0.1, 0.15) is 31.2 Å². The molecule has 2 saturated heterocycles. The van der Waals surface area contributed by atoms with Crippen LogP contribution in [0.3, 0.4) is 0 Å². The molecule has 2 aliphatic rings. The fraction of sp³-hybridized carbons (Fsp3) is 0.588. The van der Waals surface area contributed by atoms with Crippen molar-refractivity contribution in [1.29, 1.82) is 0 Å². The van der Waals surface area contributed by atoms with Crippen molar-refractivity contribution >= 4 is 21.8 Å². The molecule has 0 atom stereocenters. The molecule has 2 aliphatic heterocycles. The van der Waals surface area contributed by atoms with E-state index in [1.165, 1.54) is 24.8 Å². The molecule has 3 nitrogen and oxygen atoms in total. The van der Waals surface area contributed by atoms with Crippen molar-refractivity contribution in [2.24, 2.45) is 5.41 Å². The Kier molecular flexibility index (Phi) is 4.65. The molecule has 114 valence electrons. The van der Waals surface area contributed by atoms with E-state index < -0.39 is 0 Å². The second-order valence-electron chi connectivity index (χ2n) is 6.43. The summed E-state index contributed by atoms with van der Waals surface area (Å²) >= 11 is 3.44. The van der Waals surface area contributed by atoms with Crippen LogP contribution < -0.4 is 5.32 Å². The first-order chi connectivity index (χ1) is 10.2. The van der Waals surface area contributed by atoms with Gasteiger partial charge in [-0.2, -0.15) is 0 Å². The molecule has 2 heterocycles. The maximum Gasteiger partial charge on any atom is 0.222 e. The molecule has 1 amide bonds. The fourth-order valence-electron chi connectivity index (χ4n) is 3.51. The Morgan fingerprint density at radius 1 is 1.19 bits per heavy atom. The zero-order valence-electron chi connectivity index (χ0n) is 12.4.